The Bertz CT molecular complexity index is 906. The van der Waals surface area contributed by atoms with Gasteiger partial charge in [-0.1, -0.05) is 29.4 Å². The quantitative estimate of drug-likeness (QED) is 0.638. The van der Waals surface area contributed by atoms with Crippen molar-refractivity contribution in [3.63, 3.8) is 0 Å². The van der Waals surface area contributed by atoms with E-state index in [4.69, 9.17) is 14.0 Å². The standard InChI is InChI=1S/C20H21N3O4/c1-14-21-19(22-27-14)13-26-18-7-5-4-6-17(18)20(24)23(2)12-15-8-10-16(25-3)11-9-15/h4-11H,12-13H2,1-3H3. The van der Waals surface area contributed by atoms with E-state index in [1.807, 2.05) is 30.3 Å². The molecule has 140 valence electrons. The minimum absolute atomic E-state index is 0.129. The highest BCUT2D eigenvalue weighted by molar-refractivity contribution is 5.96. The maximum Gasteiger partial charge on any atom is 0.257 e. The van der Waals surface area contributed by atoms with E-state index in [2.05, 4.69) is 10.1 Å². The van der Waals surface area contributed by atoms with E-state index in [0.717, 1.165) is 11.3 Å². The van der Waals surface area contributed by atoms with Gasteiger partial charge in [-0.3, -0.25) is 4.79 Å². The average Bonchev–Trinajstić information content (AvgIpc) is 3.12. The lowest BCUT2D eigenvalue weighted by Crippen LogP contribution is -2.26. The van der Waals surface area contributed by atoms with Crippen LogP contribution in [-0.4, -0.2) is 35.1 Å². The predicted molar refractivity (Wildman–Crippen MR) is 98.6 cm³/mol. The summed E-state index contributed by atoms with van der Waals surface area (Å²) in [7, 11) is 3.38. The molecule has 0 saturated carbocycles. The third-order valence-electron chi connectivity index (χ3n) is 3.97. The zero-order valence-electron chi connectivity index (χ0n) is 15.5. The first-order chi connectivity index (χ1) is 13.1. The summed E-state index contributed by atoms with van der Waals surface area (Å²) < 4.78 is 15.8. The molecule has 7 heteroatoms. The number of ether oxygens (including phenoxy) is 2. The Kier molecular flexibility index (Phi) is 5.71. The largest absolute Gasteiger partial charge is 0.497 e. The van der Waals surface area contributed by atoms with Crippen molar-refractivity contribution in [3.8, 4) is 11.5 Å². The van der Waals surface area contributed by atoms with Crippen LogP contribution in [0.15, 0.2) is 53.1 Å². The van der Waals surface area contributed by atoms with E-state index in [0.29, 0.717) is 29.6 Å². The summed E-state index contributed by atoms with van der Waals surface area (Å²) >= 11 is 0. The molecule has 0 aliphatic rings. The molecule has 0 fully saturated rings. The van der Waals surface area contributed by atoms with Crippen LogP contribution in [0.3, 0.4) is 0 Å². The molecule has 0 atom stereocenters. The van der Waals surface area contributed by atoms with Crippen molar-refractivity contribution in [2.75, 3.05) is 14.2 Å². The number of amides is 1. The van der Waals surface area contributed by atoms with E-state index in [-0.39, 0.29) is 12.5 Å². The maximum absolute atomic E-state index is 12.9. The second kappa shape index (κ2) is 8.35. The highest BCUT2D eigenvalue weighted by Gasteiger charge is 2.17. The van der Waals surface area contributed by atoms with Crippen LogP contribution in [0.25, 0.3) is 0 Å². The first kappa shape index (κ1) is 18.4. The van der Waals surface area contributed by atoms with Crippen molar-refractivity contribution in [2.24, 2.45) is 0 Å². The molecule has 1 heterocycles. The molecule has 7 nitrogen and oxygen atoms in total. The average molecular weight is 367 g/mol. The Hall–Kier alpha value is -3.35. The van der Waals surface area contributed by atoms with Crippen LogP contribution in [0.5, 0.6) is 11.5 Å². The van der Waals surface area contributed by atoms with Crippen LogP contribution in [0.1, 0.15) is 27.6 Å². The van der Waals surface area contributed by atoms with E-state index in [9.17, 15) is 4.79 Å². The number of nitrogens with zero attached hydrogens (tertiary/aromatic N) is 3. The Balaban J connectivity index is 1.69. The number of para-hydroxylation sites is 1. The first-order valence-corrected chi connectivity index (χ1v) is 8.46. The number of carbonyl (C=O) groups excluding carboxylic acids is 1. The molecule has 1 amide bonds. The second-order valence-corrected chi connectivity index (χ2v) is 6.02. The van der Waals surface area contributed by atoms with Crippen molar-refractivity contribution < 1.29 is 18.8 Å². The minimum atomic E-state index is -0.134. The zero-order valence-corrected chi connectivity index (χ0v) is 15.5. The van der Waals surface area contributed by atoms with Gasteiger partial charge >= 0.3 is 0 Å². The molecule has 3 aromatic rings. The topological polar surface area (TPSA) is 77.7 Å². The zero-order chi connectivity index (χ0) is 19.2. The number of hydrogen-bond donors (Lipinski definition) is 0. The van der Waals surface area contributed by atoms with Gasteiger partial charge in [0.1, 0.15) is 11.5 Å². The van der Waals surface area contributed by atoms with Crippen LogP contribution in [0.2, 0.25) is 0 Å². The Morgan fingerprint density at radius 3 is 2.56 bits per heavy atom. The molecule has 0 radical (unpaired) electrons. The third kappa shape index (κ3) is 4.63. The van der Waals surface area contributed by atoms with E-state index in [1.54, 1.807) is 44.2 Å². The van der Waals surface area contributed by atoms with Crippen LogP contribution >= 0.6 is 0 Å². The lowest BCUT2D eigenvalue weighted by atomic mass is 10.1. The monoisotopic (exact) mass is 367 g/mol. The lowest BCUT2D eigenvalue weighted by Gasteiger charge is -2.19. The molecule has 3 rings (SSSR count). The normalized spacial score (nSPS) is 10.5. The van der Waals surface area contributed by atoms with Crippen molar-refractivity contribution in [3.05, 3.63) is 71.4 Å². The van der Waals surface area contributed by atoms with E-state index in [1.165, 1.54) is 0 Å². The molecule has 0 unspecified atom stereocenters. The molecule has 27 heavy (non-hydrogen) atoms. The molecular formula is C20H21N3O4. The summed E-state index contributed by atoms with van der Waals surface area (Å²) in [5, 5.41) is 3.79. The third-order valence-corrected chi connectivity index (χ3v) is 3.97. The number of aryl methyl sites for hydroxylation is 1. The van der Waals surface area contributed by atoms with Crippen molar-refractivity contribution >= 4 is 5.91 Å². The smallest absolute Gasteiger partial charge is 0.257 e. The van der Waals surface area contributed by atoms with Crippen LogP contribution in [0, 0.1) is 6.92 Å². The summed E-state index contributed by atoms with van der Waals surface area (Å²) in [4.78, 5) is 18.6. The molecule has 1 aromatic heterocycles. The summed E-state index contributed by atoms with van der Waals surface area (Å²) in [6, 6.07) is 14.7. The van der Waals surface area contributed by atoms with Crippen molar-refractivity contribution in [2.45, 2.75) is 20.1 Å². The Labute approximate surface area is 157 Å². The van der Waals surface area contributed by atoms with Crippen molar-refractivity contribution in [1.82, 2.24) is 15.0 Å². The number of hydrogen-bond acceptors (Lipinski definition) is 6. The first-order valence-electron chi connectivity index (χ1n) is 8.46. The van der Waals surface area contributed by atoms with Gasteiger partial charge in [0.15, 0.2) is 6.61 Å². The van der Waals surface area contributed by atoms with Gasteiger partial charge < -0.3 is 18.9 Å². The highest BCUT2D eigenvalue weighted by Crippen LogP contribution is 2.22. The molecule has 2 aromatic carbocycles. The summed E-state index contributed by atoms with van der Waals surface area (Å²) in [5.41, 5.74) is 1.49. The number of rotatable bonds is 7. The molecule has 0 aliphatic heterocycles. The van der Waals surface area contributed by atoms with Gasteiger partial charge in [-0.2, -0.15) is 4.98 Å². The van der Waals surface area contributed by atoms with E-state index < -0.39 is 0 Å². The molecule has 0 aliphatic carbocycles. The maximum atomic E-state index is 12.9. The molecule has 0 spiro atoms. The number of benzene rings is 2. The number of carbonyl (C=O) groups is 1. The van der Waals surface area contributed by atoms with Gasteiger partial charge in [-0.15, -0.1) is 0 Å². The second-order valence-electron chi connectivity index (χ2n) is 6.02. The van der Waals surface area contributed by atoms with Gasteiger partial charge in [0.2, 0.25) is 11.7 Å². The fourth-order valence-corrected chi connectivity index (χ4v) is 2.59. The van der Waals surface area contributed by atoms with Gasteiger partial charge in [0.05, 0.1) is 12.7 Å². The highest BCUT2D eigenvalue weighted by atomic mass is 16.5. The lowest BCUT2D eigenvalue weighted by molar-refractivity contribution is 0.0780. The number of methoxy groups -OCH3 is 1. The van der Waals surface area contributed by atoms with Crippen LogP contribution in [-0.2, 0) is 13.2 Å². The van der Waals surface area contributed by atoms with Crippen molar-refractivity contribution in [1.29, 1.82) is 0 Å². The SMILES string of the molecule is COc1ccc(CN(C)C(=O)c2ccccc2OCc2noc(C)n2)cc1. The fourth-order valence-electron chi connectivity index (χ4n) is 2.59. The van der Waals surface area contributed by atoms with E-state index >= 15 is 0 Å². The van der Waals surface area contributed by atoms with Gasteiger partial charge in [-0.05, 0) is 29.8 Å². The molecule has 0 N–H and O–H groups in total. The summed E-state index contributed by atoms with van der Waals surface area (Å²) in [6.07, 6.45) is 0. The Morgan fingerprint density at radius 1 is 1.15 bits per heavy atom. The van der Waals surface area contributed by atoms with Gasteiger partial charge in [0, 0.05) is 20.5 Å². The number of aromatic nitrogens is 2. The van der Waals surface area contributed by atoms with Gasteiger partial charge in [0.25, 0.3) is 5.91 Å². The minimum Gasteiger partial charge on any atom is -0.497 e. The predicted octanol–water partition coefficient (Wildman–Crippen LogP) is 3.24. The summed E-state index contributed by atoms with van der Waals surface area (Å²) in [6.45, 7) is 2.31. The summed E-state index contributed by atoms with van der Waals surface area (Å²) in [5.74, 6) is 2.03. The Morgan fingerprint density at radius 2 is 1.89 bits per heavy atom. The van der Waals surface area contributed by atoms with Crippen LogP contribution in [0.4, 0.5) is 0 Å². The fraction of sp³-hybridized carbons (Fsp3) is 0.250. The molecule has 0 saturated heterocycles. The van der Waals surface area contributed by atoms with Gasteiger partial charge in [-0.25, -0.2) is 0 Å². The molecule has 0 bridgehead atoms. The molecular weight excluding hydrogens is 346 g/mol. The van der Waals surface area contributed by atoms with Crippen LogP contribution < -0.4 is 9.47 Å².